The molecular formula is C18H17NO. The first-order valence-electron chi connectivity index (χ1n) is 6.77. The Hall–Kier alpha value is -2.35. The zero-order valence-electron chi connectivity index (χ0n) is 11.8. The van der Waals surface area contributed by atoms with Gasteiger partial charge in [-0.25, -0.2) is 0 Å². The molecule has 2 nitrogen and oxygen atoms in total. The first-order chi connectivity index (χ1) is 9.67. The van der Waals surface area contributed by atoms with Gasteiger partial charge in [-0.05, 0) is 48.1 Å². The molecule has 3 aromatic rings. The van der Waals surface area contributed by atoms with Crippen molar-refractivity contribution in [2.24, 2.45) is 0 Å². The van der Waals surface area contributed by atoms with E-state index in [0.29, 0.717) is 0 Å². The summed E-state index contributed by atoms with van der Waals surface area (Å²) >= 11 is 0. The molecule has 0 aliphatic rings. The predicted molar refractivity (Wildman–Crippen MR) is 82.3 cm³/mol. The minimum atomic E-state index is 0.720. The molecular weight excluding hydrogens is 246 g/mol. The molecule has 0 unspecified atom stereocenters. The Kier molecular flexibility index (Phi) is 3.15. The van der Waals surface area contributed by atoms with Gasteiger partial charge in [-0.2, -0.15) is 0 Å². The molecule has 2 heteroatoms. The zero-order valence-corrected chi connectivity index (χ0v) is 11.8. The second-order valence-corrected chi connectivity index (χ2v) is 5.30. The molecule has 1 aromatic heterocycles. The van der Waals surface area contributed by atoms with Crippen molar-refractivity contribution in [3.63, 3.8) is 0 Å². The van der Waals surface area contributed by atoms with Gasteiger partial charge in [0.2, 0.25) is 0 Å². The minimum Gasteiger partial charge on any atom is -0.343 e. The number of rotatable bonds is 3. The highest BCUT2D eigenvalue weighted by Gasteiger charge is 2.04. The molecule has 0 N–H and O–H groups in total. The normalized spacial score (nSPS) is 10.9. The van der Waals surface area contributed by atoms with E-state index in [1.165, 1.54) is 22.1 Å². The van der Waals surface area contributed by atoms with E-state index in [2.05, 4.69) is 48.9 Å². The molecule has 0 radical (unpaired) electrons. The van der Waals surface area contributed by atoms with E-state index >= 15 is 0 Å². The van der Waals surface area contributed by atoms with Gasteiger partial charge >= 0.3 is 0 Å². The van der Waals surface area contributed by atoms with Gasteiger partial charge in [0, 0.05) is 23.8 Å². The van der Waals surface area contributed by atoms with Gasteiger partial charge in [0.05, 0.1) is 0 Å². The van der Waals surface area contributed by atoms with E-state index in [-0.39, 0.29) is 0 Å². The summed E-state index contributed by atoms with van der Waals surface area (Å²) in [4.78, 5) is 10.9. The summed E-state index contributed by atoms with van der Waals surface area (Å²) in [7, 11) is 0. The summed E-state index contributed by atoms with van der Waals surface area (Å²) in [6, 6.07) is 14.4. The Morgan fingerprint density at radius 1 is 1.00 bits per heavy atom. The Labute approximate surface area is 118 Å². The molecule has 0 aliphatic carbocycles. The van der Waals surface area contributed by atoms with E-state index in [1.54, 1.807) is 0 Å². The second kappa shape index (κ2) is 4.97. The SMILES string of the molecule is Cc1ccc(Cn2ccc3ccc(C=O)cc32)cc1C. The van der Waals surface area contributed by atoms with Crippen LogP contribution in [0.1, 0.15) is 27.0 Å². The maximum Gasteiger partial charge on any atom is 0.150 e. The Morgan fingerprint density at radius 2 is 1.85 bits per heavy atom. The average molecular weight is 263 g/mol. The van der Waals surface area contributed by atoms with Gasteiger partial charge in [0.1, 0.15) is 6.29 Å². The van der Waals surface area contributed by atoms with Crippen molar-refractivity contribution in [2.75, 3.05) is 0 Å². The lowest BCUT2D eigenvalue weighted by atomic mass is 10.1. The van der Waals surface area contributed by atoms with Crippen molar-refractivity contribution in [2.45, 2.75) is 20.4 Å². The van der Waals surface area contributed by atoms with Crippen molar-refractivity contribution in [3.05, 3.63) is 70.9 Å². The van der Waals surface area contributed by atoms with Gasteiger partial charge in [0.15, 0.2) is 0 Å². The van der Waals surface area contributed by atoms with E-state index in [4.69, 9.17) is 0 Å². The molecule has 0 saturated carbocycles. The number of carbonyl (C=O) groups is 1. The Bertz CT molecular complexity index is 783. The highest BCUT2D eigenvalue weighted by molar-refractivity contribution is 5.87. The second-order valence-electron chi connectivity index (χ2n) is 5.30. The number of aromatic nitrogens is 1. The van der Waals surface area contributed by atoms with Crippen molar-refractivity contribution in [1.82, 2.24) is 4.57 Å². The Balaban J connectivity index is 2.01. The number of nitrogens with zero attached hydrogens (tertiary/aromatic N) is 1. The van der Waals surface area contributed by atoms with Gasteiger partial charge in [-0.1, -0.05) is 30.3 Å². The fourth-order valence-electron chi connectivity index (χ4n) is 2.51. The van der Waals surface area contributed by atoms with Crippen LogP contribution in [0.3, 0.4) is 0 Å². The summed E-state index contributed by atoms with van der Waals surface area (Å²) in [5.41, 5.74) is 5.73. The van der Waals surface area contributed by atoms with Gasteiger partial charge in [-0.3, -0.25) is 4.79 Å². The summed E-state index contributed by atoms with van der Waals surface area (Å²) < 4.78 is 2.19. The van der Waals surface area contributed by atoms with Gasteiger partial charge in [-0.15, -0.1) is 0 Å². The fraction of sp³-hybridized carbons (Fsp3) is 0.167. The number of carbonyl (C=O) groups excluding carboxylic acids is 1. The number of aryl methyl sites for hydroxylation is 2. The molecule has 2 aromatic carbocycles. The van der Waals surface area contributed by atoms with Crippen molar-refractivity contribution >= 4 is 17.2 Å². The maximum absolute atomic E-state index is 10.9. The third-order valence-electron chi connectivity index (χ3n) is 3.86. The molecule has 0 amide bonds. The topological polar surface area (TPSA) is 22.0 Å². The van der Waals surface area contributed by atoms with E-state index in [9.17, 15) is 4.79 Å². The van der Waals surface area contributed by atoms with Crippen LogP contribution < -0.4 is 0 Å². The van der Waals surface area contributed by atoms with Crippen LogP contribution in [0.2, 0.25) is 0 Å². The van der Waals surface area contributed by atoms with Crippen LogP contribution in [0.4, 0.5) is 0 Å². The first-order valence-corrected chi connectivity index (χ1v) is 6.77. The maximum atomic E-state index is 10.9. The van der Waals surface area contributed by atoms with Crippen LogP contribution in [-0.4, -0.2) is 10.9 Å². The van der Waals surface area contributed by atoms with Crippen molar-refractivity contribution in [3.8, 4) is 0 Å². The lowest BCUT2D eigenvalue weighted by molar-refractivity contribution is 0.112. The van der Waals surface area contributed by atoms with Gasteiger partial charge < -0.3 is 4.57 Å². The van der Waals surface area contributed by atoms with E-state index < -0.39 is 0 Å². The fourth-order valence-corrected chi connectivity index (χ4v) is 2.51. The van der Waals surface area contributed by atoms with Crippen LogP contribution in [0, 0.1) is 13.8 Å². The summed E-state index contributed by atoms with van der Waals surface area (Å²) in [5, 5.41) is 1.17. The molecule has 3 rings (SSSR count). The molecule has 0 spiro atoms. The van der Waals surface area contributed by atoms with Crippen LogP contribution in [-0.2, 0) is 6.54 Å². The number of benzene rings is 2. The van der Waals surface area contributed by atoms with E-state index in [1.807, 2.05) is 18.2 Å². The molecule has 0 bridgehead atoms. The third kappa shape index (κ3) is 2.25. The monoisotopic (exact) mass is 263 g/mol. The lowest BCUT2D eigenvalue weighted by Gasteiger charge is -2.08. The lowest BCUT2D eigenvalue weighted by Crippen LogP contribution is -1.99. The molecule has 0 saturated heterocycles. The van der Waals surface area contributed by atoms with Crippen LogP contribution in [0.25, 0.3) is 10.9 Å². The first kappa shape index (κ1) is 12.7. The average Bonchev–Trinajstić information content (AvgIpc) is 2.85. The molecule has 1 heterocycles. The third-order valence-corrected chi connectivity index (χ3v) is 3.86. The van der Waals surface area contributed by atoms with Crippen LogP contribution in [0.5, 0.6) is 0 Å². The van der Waals surface area contributed by atoms with E-state index in [0.717, 1.165) is 23.9 Å². The molecule has 0 aliphatic heterocycles. The standard InChI is InChI=1S/C18H17NO/c1-13-3-4-15(9-14(13)2)11-19-8-7-17-6-5-16(12-20)10-18(17)19/h3-10,12H,11H2,1-2H3. The van der Waals surface area contributed by atoms with Gasteiger partial charge in [0.25, 0.3) is 0 Å². The number of fused-ring (bicyclic) bond motifs is 1. The largest absolute Gasteiger partial charge is 0.343 e. The quantitative estimate of drug-likeness (QED) is 0.651. The highest BCUT2D eigenvalue weighted by Crippen LogP contribution is 2.19. The molecule has 20 heavy (non-hydrogen) atoms. The summed E-state index contributed by atoms with van der Waals surface area (Å²) in [5.74, 6) is 0. The number of hydrogen-bond donors (Lipinski definition) is 0. The number of hydrogen-bond acceptors (Lipinski definition) is 1. The molecule has 0 atom stereocenters. The van der Waals surface area contributed by atoms with Crippen LogP contribution >= 0.6 is 0 Å². The van der Waals surface area contributed by atoms with Crippen molar-refractivity contribution in [1.29, 1.82) is 0 Å². The van der Waals surface area contributed by atoms with Crippen molar-refractivity contribution < 1.29 is 4.79 Å². The van der Waals surface area contributed by atoms with Crippen LogP contribution in [0.15, 0.2) is 48.7 Å². The smallest absolute Gasteiger partial charge is 0.150 e. The minimum absolute atomic E-state index is 0.720. The molecule has 100 valence electrons. The Morgan fingerprint density at radius 3 is 2.60 bits per heavy atom. The zero-order chi connectivity index (χ0) is 14.1. The summed E-state index contributed by atoms with van der Waals surface area (Å²) in [6.07, 6.45) is 2.97. The summed E-state index contributed by atoms with van der Waals surface area (Å²) in [6.45, 7) is 5.09. The molecule has 0 fully saturated rings. The predicted octanol–water partition coefficient (Wildman–Crippen LogP) is 4.12. The number of aldehydes is 1. The highest BCUT2D eigenvalue weighted by atomic mass is 16.1.